The van der Waals surface area contributed by atoms with Crippen molar-refractivity contribution in [3.05, 3.63) is 58.9 Å². The molecule has 0 aliphatic heterocycles. The van der Waals surface area contributed by atoms with E-state index in [1.54, 1.807) is 22.7 Å². The molecule has 0 amide bonds. The van der Waals surface area contributed by atoms with Gasteiger partial charge >= 0.3 is 6.18 Å². The van der Waals surface area contributed by atoms with Crippen molar-refractivity contribution in [2.24, 2.45) is 0 Å². The van der Waals surface area contributed by atoms with Crippen molar-refractivity contribution in [2.45, 2.75) is 13.1 Å². The van der Waals surface area contributed by atoms with Crippen LogP contribution >= 0.6 is 11.6 Å². The molecule has 0 radical (unpaired) electrons. The van der Waals surface area contributed by atoms with E-state index in [1.807, 2.05) is 13.0 Å². The van der Waals surface area contributed by atoms with Crippen LogP contribution in [0.2, 0.25) is 5.15 Å². The Bertz CT molecular complexity index is 821. The number of imidazole rings is 1. The molecule has 0 saturated heterocycles. The van der Waals surface area contributed by atoms with Crippen LogP contribution in [0.5, 0.6) is 0 Å². The summed E-state index contributed by atoms with van der Waals surface area (Å²) in [6.45, 7) is 1.89. The lowest BCUT2D eigenvalue weighted by Gasteiger charge is -2.08. The van der Waals surface area contributed by atoms with E-state index in [4.69, 9.17) is 11.6 Å². The fraction of sp³-hybridized carbons (Fsp3) is 0.133. The van der Waals surface area contributed by atoms with Gasteiger partial charge in [0, 0.05) is 11.8 Å². The molecule has 3 rings (SSSR count). The largest absolute Gasteiger partial charge is 0.416 e. The van der Waals surface area contributed by atoms with Gasteiger partial charge in [-0.15, -0.1) is 0 Å². The summed E-state index contributed by atoms with van der Waals surface area (Å²) in [6, 6.07) is 8.73. The van der Waals surface area contributed by atoms with E-state index < -0.39 is 11.7 Å². The Morgan fingerprint density at radius 2 is 1.90 bits per heavy atom. The zero-order valence-corrected chi connectivity index (χ0v) is 11.7. The third-order valence-corrected chi connectivity index (χ3v) is 3.47. The number of aryl methyl sites for hydroxylation is 1. The monoisotopic (exact) mass is 310 g/mol. The topological polar surface area (TPSA) is 17.3 Å². The number of benzene rings is 1. The van der Waals surface area contributed by atoms with E-state index in [1.165, 1.54) is 6.07 Å². The van der Waals surface area contributed by atoms with Gasteiger partial charge in [0.25, 0.3) is 0 Å². The van der Waals surface area contributed by atoms with Crippen LogP contribution in [0, 0.1) is 6.92 Å². The zero-order chi connectivity index (χ0) is 15.2. The van der Waals surface area contributed by atoms with Crippen molar-refractivity contribution >= 4 is 17.1 Å². The Morgan fingerprint density at radius 1 is 1.14 bits per heavy atom. The highest BCUT2D eigenvalue weighted by Crippen LogP contribution is 2.33. The summed E-state index contributed by atoms with van der Waals surface area (Å²) in [4.78, 5) is 4.19. The number of pyridine rings is 1. The third kappa shape index (κ3) is 2.49. The molecule has 0 bridgehead atoms. The van der Waals surface area contributed by atoms with Crippen LogP contribution in [0.25, 0.3) is 16.9 Å². The minimum atomic E-state index is -4.39. The predicted octanol–water partition coefficient (Wildman–Crippen LogP) is 4.98. The molecule has 0 spiro atoms. The van der Waals surface area contributed by atoms with Gasteiger partial charge in [0.05, 0.1) is 11.1 Å². The first-order valence-electron chi connectivity index (χ1n) is 6.18. The van der Waals surface area contributed by atoms with Crippen molar-refractivity contribution in [3.8, 4) is 11.4 Å². The number of nitrogens with zero attached hydrogens (tertiary/aromatic N) is 2. The van der Waals surface area contributed by atoms with Gasteiger partial charge < -0.3 is 0 Å². The fourth-order valence-corrected chi connectivity index (χ4v) is 2.43. The lowest BCUT2D eigenvalue weighted by Crippen LogP contribution is -2.04. The molecule has 0 aliphatic rings. The van der Waals surface area contributed by atoms with E-state index >= 15 is 0 Å². The number of rotatable bonds is 1. The highest BCUT2D eigenvalue weighted by molar-refractivity contribution is 6.32. The summed E-state index contributed by atoms with van der Waals surface area (Å²) in [5.41, 5.74) is 1.29. The van der Waals surface area contributed by atoms with Crippen LogP contribution in [0.15, 0.2) is 42.6 Å². The van der Waals surface area contributed by atoms with Crippen LogP contribution < -0.4 is 0 Å². The van der Waals surface area contributed by atoms with Gasteiger partial charge in [-0.2, -0.15) is 13.2 Å². The molecule has 1 aromatic carbocycles. The Hall–Kier alpha value is -2.01. The minimum absolute atomic E-state index is 0.266. The van der Waals surface area contributed by atoms with Gasteiger partial charge in [-0.25, -0.2) is 4.98 Å². The fourth-order valence-electron chi connectivity index (χ4n) is 2.19. The first-order chi connectivity index (χ1) is 9.86. The molecule has 0 fully saturated rings. The number of hydrogen-bond donors (Lipinski definition) is 0. The van der Waals surface area contributed by atoms with Crippen LogP contribution in [0.3, 0.4) is 0 Å². The maximum atomic E-state index is 12.8. The molecule has 0 aliphatic carbocycles. The number of hydrogen-bond acceptors (Lipinski definition) is 1. The average molecular weight is 311 g/mol. The van der Waals surface area contributed by atoms with Gasteiger partial charge in [-0.3, -0.25) is 4.40 Å². The second-order valence-corrected chi connectivity index (χ2v) is 5.12. The predicted molar refractivity (Wildman–Crippen MR) is 75.4 cm³/mol. The maximum absolute atomic E-state index is 12.8. The van der Waals surface area contributed by atoms with Crippen molar-refractivity contribution in [1.82, 2.24) is 9.38 Å². The molecule has 2 aromatic heterocycles. The number of aromatic nitrogens is 2. The average Bonchev–Trinajstić information content (AvgIpc) is 2.75. The van der Waals surface area contributed by atoms with Gasteiger partial charge in [-0.05, 0) is 30.7 Å². The third-order valence-electron chi connectivity index (χ3n) is 3.19. The standard InChI is InChI=1S/C15H10ClF3N2/c1-9-5-6-12-13(16)20-14(21(12)8-9)10-3-2-4-11(7-10)15(17,18)19/h2-8H,1H3. The van der Waals surface area contributed by atoms with Crippen molar-refractivity contribution < 1.29 is 13.2 Å². The minimum Gasteiger partial charge on any atom is -0.298 e. The van der Waals surface area contributed by atoms with Crippen LogP contribution in [0.4, 0.5) is 13.2 Å². The molecule has 2 heterocycles. The molecule has 6 heteroatoms. The lowest BCUT2D eigenvalue weighted by molar-refractivity contribution is -0.137. The summed E-state index contributed by atoms with van der Waals surface area (Å²) in [7, 11) is 0. The van der Waals surface area contributed by atoms with Crippen molar-refractivity contribution in [3.63, 3.8) is 0 Å². The molecular weight excluding hydrogens is 301 g/mol. The second-order valence-electron chi connectivity index (χ2n) is 4.77. The first kappa shape index (κ1) is 13.9. The Balaban J connectivity index is 2.23. The van der Waals surface area contributed by atoms with E-state index in [0.717, 1.165) is 17.7 Å². The molecule has 108 valence electrons. The second kappa shape index (κ2) is 4.77. The lowest BCUT2D eigenvalue weighted by atomic mass is 10.1. The summed E-state index contributed by atoms with van der Waals surface area (Å²) in [5, 5.41) is 0.266. The Kier molecular flexibility index (Phi) is 3.17. The highest BCUT2D eigenvalue weighted by Gasteiger charge is 2.30. The molecular formula is C15H10ClF3N2. The molecule has 2 nitrogen and oxygen atoms in total. The SMILES string of the molecule is Cc1ccc2c(Cl)nc(-c3cccc(C(F)(F)F)c3)n2c1. The molecule has 0 saturated carbocycles. The van der Waals surface area contributed by atoms with Crippen LogP contribution in [-0.4, -0.2) is 9.38 Å². The van der Waals surface area contributed by atoms with Gasteiger partial charge in [0.1, 0.15) is 5.82 Å². The Morgan fingerprint density at radius 3 is 2.62 bits per heavy atom. The van der Waals surface area contributed by atoms with Crippen molar-refractivity contribution in [2.75, 3.05) is 0 Å². The molecule has 3 aromatic rings. The van der Waals surface area contributed by atoms with E-state index in [0.29, 0.717) is 16.9 Å². The van der Waals surface area contributed by atoms with E-state index in [2.05, 4.69) is 4.98 Å². The molecule has 21 heavy (non-hydrogen) atoms. The smallest absolute Gasteiger partial charge is 0.298 e. The summed E-state index contributed by atoms with van der Waals surface area (Å²) in [5.74, 6) is 0.393. The van der Waals surface area contributed by atoms with Gasteiger partial charge in [0.2, 0.25) is 0 Å². The first-order valence-corrected chi connectivity index (χ1v) is 6.56. The quantitative estimate of drug-likeness (QED) is 0.619. The molecule has 0 atom stereocenters. The van der Waals surface area contributed by atoms with Crippen LogP contribution in [0.1, 0.15) is 11.1 Å². The van der Waals surface area contributed by atoms with E-state index in [9.17, 15) is 13.2 Å². The number of halogens is 4. The zero-order valence-electron chi connectivity index (χ0n) is 10.9. The number of fused-ring (bicyclic) bond motifs is 1. The number of alkyl halides is 3. The van der Waals surface area contributed by atoms with E-state index in [-0.39, 0.29) is 5.15 Å². The van der Waals surface area contributed by atoms with Crippen molar-refractivity contribution in [1.29, 1.82) is 0 Å². The molecule has 0 N–H and O–H groups in total. The van der Waals surface area contributed by atoms with Gasteiger partial charge in [0.15, 0.2) is 5.15 Å². The molecule has 0 unspecified atom stereocenters. The maximum Gasteiger partial charge on any atom is 0.416 e. The summed E-state index contributed by atoms with van der Waals surface area (Å²) < 4.78 is 40.1. The summed E-state index contributed by atoms with van der Waals surface area (Å²) in [6.07, 6.45) is -2.59. The van der Waals surface area contributed by atoms with Gasteiger partial charge in [-0.1, -0.05) is 29.8 Å². The summed E-state index contributed by atoms with van der Waals surface area (Å²) >= 11 is 6.06. The Labute approximate surface area is 123 Å². The highest BCUT2D eigenvalue weighted by atomic mass is 35.5. The van der Waals surface area contributed by atoms with Crippen LogP contribution in [-0.2, 0) is 6.18 Å². The normalized spacial score (nSPS) is 12.0.